The quantitative estimate of drug-likeness (QED) is 0.816. The van der Waals surface area contributed by atoms with Gasteiger partial charge in [-0.3, -0.25) is 4.79 Å². The van der Waals surface area contributed by atoms with Gasteiger partial charge in [0, 0.05) is 24.8 Å². The second-order valence-electron chi connectivity index (χ2n) is 7.47. The van der Waals surface area contributed by atoms with Crippen LogP contribution < -0.4 is 15.4 Å². The average molecular weight is 406 g/mol. The molecule has 0 spiro atoms. The Kier molecular flexibility index (Phi) is 5.12. The van der Waals surface area contributed by atoms with Crippen molar-refractivity contribution in [2.45, 2.75) is 25.0 Å². The first kappa shape index (κ1) is 19.0. The number of rotatable bonds is 4. The highest BCUT2D eigenvalue weighted by Crippen LogP contribution is 2.39. The van der Waals surface area contributed by atoms with Crippen LogP contribution in [0, 0.1) is 17.7 Å². The molecule has 28 heavy (non-hydrogen) atoms. The van der Waals surface area contributed by atoms with Gasteiger partial charge >= 0.3 is 0 Å². The van der Waals surface area contributed by atoms with Crippen molar-refractivity contribution in [2.24, 2.45) is 17.6 Å². The number of anilines is 1. The molecule has 6 nitrogen and oxygen atoms in total. The predicted octanol–water partition coefficient (Wildman–Crippen LogP) is 2.63. The number of hydrogen-bond donors (Lipinski definition) is 2. The largest absolute Gasteiger partial charge is 0.488 e. The summed E-state index contributed by atoms with van der Waals surface area (Å²) >= 11 is 5.79. The monoisotopic (exact) mass is 405 g/mol. The molecule has 1 aliphatic carbocycles. The number of aromatic nitrogens is 1. The number of carbonyl (C=O) groups is 1. The van der Waals surface area contributed by atoms with Crippen LogP contribution in [-0.2, 0) is 0 Å². The van der Waals surface area contributed by atoms with Crippen molar-refractivity contribution in [3.63, 3.8) is 0 Å². The lowest BCUT2D eigenvalue weighted by atomic mass is 9.78. The van der Waals surface area contributed by atoms with Crippen LogP contribution in [0.1, 0.15) is 23.2 Å². The van der Waals surface area contributed by atoms with Crippen molar-refractivity contribution in [1.82, 2.24) is 4.98 Å². The van der Waals surface area contributed by atoms with E-state index >= 15 is 0 Å². The summed E-state index contributed by atoms with van der Waals surface area (Å²) in [6, 6.07) is 7.81. The molecular formula is C20H21ClFN3O3. The van der Waals surface area contributed by atoms with E-state index in [9.17, 15) is 14.3 Å². The molecule has 8 heteroatoms. The number of carbonyl (C=O) groups excluding carboxylic acids is 1. The lowest BCUT2D eigenvalue weighted by Crippen LogP contribution is -2.42. The van der Waals surface area contributed by atoms with Gasteiger partial charge in [-0.2, -0.15) is 0 Å². The van der Waals surface area contributed by atoms with Crippen molar-refractivity contribution < 1.29 is 19.0 Å². The number of nitrogens with two attached hydrogens (primary N) is 1. The van der Waals surface area contributed by atoms with E-state index in [1.165, 1.54) is 12.3 Å². The lowest BCUT2D eigenvalue weighted by Gasteiger charge is -2.35. The van der Waals surface area contributed by atoms with Gasteiger partial charge in [-0.1, -0.05) is 11.6 Å². The minimum Gasteiger partial charge on any atom is -0.488 e. The van der Waals surface area contributed by atoms with Crippen LogP contribution in [0.5, 0.6) is 5.75 Å². The van der Waals surface area contributed by atoms with Crippen molar-refractivity contribution >= 4 is 23.3 Å². The summed E-state index contributed by atoms with van der Waals surface area (Å²) in [7, 11) is 0. The number of benzene rings is 1. The van der Waals surface area contributed by atoms with Crippen molar-refractivity contribution in [2.75, 3.05) is 18.0 Å². The molecular weight excluding hydrogens is 385 g/mol. The van der Waals surface area contributed by atoms with E-state index in [0.29, 0.717) is 43.1 Å². The number of amides is 1. The number of fused-ring (bicyclic) bond motifs is 1. The molecule has 148 valence electrons. The fraction of sp³-hybridized carbons (Fsp3) is 0.400. The Labute approximate surface area is 167 Å². The molecule has 2 heterocycles. The summed E-state index contributed by atoms with van der Waals surface area (Å²) in [5.41, 5.74) is 5.65. The van der Waals surface area contributed by atoms with Crippen LogP contribution in [0.15, 0.2) is 36.5 Å². The Morgan fingerprint density at radius 1 is 1.25 bits per heavy atom. The molecule has 1 amide bonds. The van der Waals surface area contributed by atoms with Gasteiger partial charge in [-0.25, -0.2) is 9.37 Å². The van der Waals surface area contributed by atoms with Crippen LogP contribution in [0.3, 0.4) is 0 Å². The fourth-order valence-corrected chi connectivity index (χ4v) is 4.35. The van der Waals surface area contributed by atoms with Crippen LogP contribution in [0.2, 0.25) is 5.02 Å². The van der Waals surface area contributed by atoms with E-state index in [1.807, 2.05) is 4.90 Å². The standard InChI is InChI=1S/C20H21ClFN3O3/c21-14-7-16(22)20(24-8-14)25-9-12-5-17(26)18(6-13(12)10-25)28-15-3-1-11(2-4-15)19(23)27/h1-4,7-8,12-13,17-18,26H,5-6,9-10H2,(H2,23,27)/t12-,13+,17+,18+/m0/s1. The van der Waals surface area contributed by atoms with E-state index in [-0.39, 0.29) is 23.0 Å². The number of primary amides is 1. The predicted molar refractivity (Wildman–Crippen MR) is 103 cm³/mol. The van der Waals surface area contributed by atoms with Crippen molar-refractivity contribution in [3.8, 4) is 5.75 Å². The van der Waals surface area contributed by atoms with E-state index in [0.717, 1.165) is 0 Å². The number of hydrogen-bond acceptors (Lipinski definition) is 5. The third-order valence-electron chi connectivity index (χ3n) is 5.60. The Balaban J connectivity index is 1.43. The molecule has 2 fully saturated rings. The number of aliphatic hydroxyl groups excluding tert-OH is 1. The molecule has 1 aliphatic heterocycles. The minimum atomic E-state index is -0.611. The zero-order valence-corrected chi connectivity index (χ0v) is 15.8. The smallest absolute Gasteiger partial charge is 0.248 e. The zero-order chi connectivity index (χ0) is 19.8. The fourth-order valence-electron chi connectivity index (χ4n) is 4.20. The summed E-state index contributed by atoms with van der Waals surface area (Å²) < 4.78 is 20.2. The maximum absolute atomic E-state index is 14.2. The van der Waals surface area contributed by atoms with Gasteiger partial charge in [0.05, 0.1) is 11.1 Å². The molecule has 0 bridgehead atoms. The normalized spacial score (nSPS) is 26.8. The van der Waals surface area contributed by atoms with E-state index < -0.39 is 17.8 Å². The van der Waals surface area contributed by atoms with Crippen molar-refractivity contribution in [1.29, 1.82) is 0 Å². The molecule has 0 radical (unpaired) electrons. The SMILES string of the molecule is NC(=O)c1ccc(O[C@@H]2C[C@@H]3CN(c4ncc(Cl)cc4F)C[C@@H]3C[C@H]2O)cc1. The number of nitrogens with zero attached hydrogens (tertiary/aromatic N) is 2. The van der Waals surface area contributed by atoms with Crippen molar-refractivity contribution in [3.05, 3.63) is 52.9 Å². The lowest BCUT2D eigenvalue weighted by molar-refractivity contribution is -0.0231. The van der Waals surface area contributed by atoms with Gasteiger partial charge in [0.25, 0.3) is 0 Å². The highest BCUT2D eigenvalue weighted by molar-refractivity contribution is 6.30. The molecule has 1 aromatic heterocycles. The molecule has 3 N–H and O–H groups in total. The first-order valence-corrected chi connectivity index (χ1v) is 9.59. The first-order chi connectivity index (χ1) is 13.4. The van der Waals surface area contributed by atoms with E-state index in [4.69, 9.17) is 22.1 Å². The van der Waals surface area contributed by atoms with Gasteiger partial charge in [-0.15, -0.1) is 0 Å². The number of ether oxygens (including phenoxy) is 1. The second-order valence-corrected chi connectivity index (χ2v) is 7.90. The van der Waals surface area contributed by atoms with Gasteiger partial charge in [-0.05, 0) is 55.0 Å². The molecule has 2 aromatic rings. The molecule has 4 rings (SSSR count). The number of pyridine rings is 1. The van der Waals surface area contributed by atoms with Gasteiger partial charge in [0.2, 0.25) is 5.91 Å². The molecule has 1 saturated heterocycles. The van der Waals surface area contributed by atoms with Gasteiger partial charge < -0.3 is 20.5 Å². The average Bonchev–Trinajstić information content (AvgIpc) is 3.04. The molecule has 0 unspecified atom stereocenters. The highest BCUT2D eigenvalue weighted by atomic mass is 35.5. The van der Waals surface area contributed by atoms with Crippen LogP contribution >= 0.6 is 11.6 Å². The molecule has 1 aromatic carbocycles. The van der Waals surface area contributed by atoms with Gasteiger partial charge in [0.1, 0.15) is 11.9 Å². The summed E-state index contributed by atoms with van der Waals surface area (Å²) in [4.78, 5) is 17.2. The Morgan fingerprint density at radius 2 is 1.93 bits per heavy atom. The highest BCUT2D eigenvalue weighted by Gasteiger charge is 2.43. The maximum Gasteiger partial charge on any atom is 0.248 e. The summed E-state index contributed by atoms with van der Waals surface area (Å²) in [6.45, 7) is 1.30. The van der Waals surface area contributed by atoms with Crippen LogP contribution in [0.4, 0.5) is 10.2 Å². The number of halogens is 2. The number of aliphatic hydroxyl groups is 1. The third kappa shape index (κ3) is 3.77. The van der Waals surface area contributed by atoms with E-state index in [1.54, 1.807) is 24.3 Å². The summed E-state index contributed by atoms with van der Waals surface area (Å²) in [5, 5.41) is 10.8. The molecule has 4 atom stereocenters. The maximum atomic E-state index is 14.2. The molecule has 2 aliphatic rings. The van der Waals surface area contributed by atoms with Crippen LogP contribution in [-0.4, -0.2) is 41.3 Å². The topological polar surface area (TPSA) is 88.7 Å². The van der Waals surface area contributed by atoms with Crippen LogP contribution in [0.25, 0.3) is 0 Å². The summed E-state index contributed by atoms with van der Waals surface area (Å²) in [5.74, 6) is 0.468. The van der Waals surface area contributed by atoms with E-state index in [2.05, 4.69) is 4.98 Å². The summed E-state index contributed by atoms with van der Waals surface area (Å²) in [6.07, 6.45) is 1.72. The zero-order valence-electron chi connectivity index (χ0n) is 15.1. The Hall–Kier alpha value is -2.38. The third-order valence-corrected chi connectivity index (χ3v) is 5.81. The first-order valence-electron chi connectivity index (χ1n) is 9.21. The minimum absolute atomic E-state index is 0.254. The Morgan fingerprint density at radius 3 is 2.57 bits per heavy atom. The second kappa shape index (κ2) is 7.56. The van der Waals surface area contributed by atoms with Gasteiger partial charge in [0.15, 0.2) is 11.6 Å². The Bertz CT molecular complexity index is 879. The molecule has 1 saturated carbocycles.